The van der Waals surface area contributed by atoms with Gasteiger partial charge in [0.25, 0.3) is 0 Å². The largest absolute Gasteiger partial charge is 0.393 e. The van der Waals surface area contributed by atoms with Crippen molar-refractivity contribution in [3.05, 3.63) is 42.9 Å². The first-order valence-electron chi connectivity index (χ1n) is 7.63. The van der Waals surface area contributed by atoms with E-state index < -0.39 is 0 Å². The van der Waals surface area contributed by atoms with Gasteiger partial charge in [0.05, 0.1) is 17.5 Å². The first-order chi connectivity index (χ1) is 10.8. The predicted octanol–water partition coefficient (Wildman–Crippen LogP) is 2.95. The first kappa shape index (κ1) is 13.3. The summed E-state index contributed by atoms with van der Waals surface area (Å²) >= 11 is 0. The van der Waals surface area contributed by atoms with Crippen molar-refractivity contribution in [2.45, 2.75) is 31.4 Å². The molecule has 22 heavy (non-hydrogen) atoms. The standard InChI is InChI=1S/C17H18N4O/c22-12-5-4-11(9-12)21-16-13-6-8-19-17(13)20-10-14(16)15-3-1-2-7-18-15/h1-3,6-8,10-12,22H,4-5,9H2,(H2,19,20,21)/t11-,12+/m1/s1. The van der Waals surface area contributed by atoms with E-state index in [9.17, 15) is 5.11 Å². The summed E-state index contributed by atoms with van der Waals surface area (Å²) in [7, 11) is 0. The molecule has 0 saturated heterocycles. The van der Waals surface area contributed by atoms with Gasteiger partial charge in [-0.05, 0) is 37.5 Å². The second-order valence-corrected chi connectivity index (χ2v) is 5.81. The highest BCUT2D eigenvalue weighted by Crippen LogP contribution is 2.34. The molecule has 0 aromatic carbocycles. The number of nitrogens with zero attached hydrogens (tertiary/aromatic N) is 2. The molecule has 1 fully saturated rings. The Morgan fingerprint density at radius 2 is 2.14 bits per heavy atom. The highest BCUT2D eigenvalue weighted by atomic mass is 16.3. The van der Waals surface area contributed by atoms with Gasteiger partial charge in [0.15, 0.2) is 0 Å². The Kier molecular flexibility index (Phi) is 3.27. The quantitative estimate of drug-likeness (QED) is 0.694. The minimum Gasteiger partial charge on any atom is -0.393 e. The highest BCUT2D eigenvalue weighted by molar-refractivity contribution is 5.97. The van der Waals surface area contributed by atoms with Gasteiger partial charge in [0, 0.05) is 35.6 Å². The molecule has 0 bridgehead atoms. The zero-order valence-corrected chi connectivity index (χ0v) is 12.2. The molecule has 2 atom stereocenters. The van der Waals surface area contributed by atoms with E-state index in [0.717, 1.165) is 47.2 Å². The lowest BCUT2D eigenvalue weighted by Gasteiger charge is -2.18. The third-order valence-corrected chi connectivity index (χ3v) is 4.28. The van der Waals surface area contributed by atoms with E-state index >= 15 is 0 Å². The molecule has 3 aromatic heterocycles. The number of pyridine rings is 2. The van der Waals surface area contributed by atoms with Crippen LogP contribution in [0, 0.1) is 0 Å². The second-order valence-electron chi connectivity index (χ2n) is 5.81. The van der Waals surface area contributed by atoms with E-state index in [1.54, 1.807) is 6.20 Å². The van der Waals surface area contributed by atoms with E-state index in [1.165, 1.54) is 0 Å². The summed E-state index contributed by atoms with van der Waals surface area (Å²) in [5, 5.41) is 14.4. The molecule has 112 valence electrons. The summed E-state index contributed by atoms with van der Waals surface area (Å²) in [5.74, 6) is 0. The Bertz CT molecular complexity index is 784. The minimum atomic E-state index is -0.195. The molecule has 3 N–H and O–H groups in total. The fraction of sp³-hybridized carbons (Fsp3) is 0.294. The van der Waals surface area contributed by atoms with E-state index in [1.807, 2.05) is 36.7 Å². The maximum Gasteiger partial charge on any atom is 0.139 e. The van der Waals surface area contributed by atoms with E-state index in [2.05, 4.69) is 20.3 Å². The number of H-pyrrole nitrogens is 1. The van der Waals surface area contributed by atoms with Crippen LogP contribution >= 0.6 is 0 Å². The monoisotopic (exact) mass is 294 g/mol. The zero-order chi connectivity index (χ0) is 14.9. The Hall–Kier alpha value is -2.40. The molecule has 0 spiro atoms. The number of aromatic amines is 1. The van der Waals surface area contributed by atoms with E-state index in [0.29, 0.717) is 0 Å². The lowest BCUT2D eigenvalue weighted by atomic mass is 10.1. The van der Waals surface area contributed by atoms with Crippen molar-refractivity contribution in [3.8, 4) is 11.3 Å². The fourth-order valence-corrected chi connectivity index (χ4v) is 3.17. The number of aromatic nitrogens is 3. The number of hydrogen-bond donors (Lipinski definition) is 3. The molecule has 0 amide bonds. The van der Waals surface area contributed by atoms with E-state index in [-0.39, 0.29) is 12.1 Å². The van der Waals surface area contributed by atoms with Crippen molar-refractivity contribution >= 4 is 16.7 Å². The van der Waals surface area contributed by atoms with Crippen LogP contribution in [0.1, 0.15) is 19.3 Å². The van der Waals surface area contributed by atoms with Gasteiger partial charge in [-0.25, -0.2) is 4.98 Å². The molecule has 5 nitrogen and oxygen atoms in total. The van der Waals surface area contributed by atoms with Crippen LogP contribution < -0.4 is 5.32 Å². The Morgan fingerprint density at radius 1 is 1.18 bits per heavy atom. The van der Waals surface area contributed by atoms with Crippen LogP contribution in [-0.2, 0) is 0 Å². The molecule has 1 aliphatic carbocycles. The second kappa shape index (κ2) is 5.42. The third kappa shape index (κ3) is 2.33. The zero-order valence-electron chi connectivity index (χ0n) is 12.2. The number of hydrogen-bond acceptors (Lipinski definition) is 4. The van der Waals surface area contributed by atoms with Crippen LogP contribution in [0.15, 0.2) is 42.9 Å². The maximum atomic E-state index is 9.77. The summed E-state index contributed by atoms with van der Waals surface area (Å²) in [6, 6.07) is 8.20. The van der Waals surface area contributed by atoms with Crippen molar-refractivity contribution in [1.29, 1.82) is 0 Å². The van der Waals surface area contributed by atoms with Crippen LogP contribution in [0.5, 0.6) is 0 Å². The molecule has 1 aliphatic rings. The average Bonchev–Trinajstić information content (AvgIpc) is 3.17. The predicted molar refractivity (Wildman–Crippen MR) is 86.6 cm³/mol. The molecular formula is C17H18N4O. The summed E-state index contributed by atoms with van der Waals surface area (Å²) in [6.45, 7) is 0. The number of anilines is 1. The lowest BCUT2D eigenvalue weighted by Crippen LogP contribution is -2.17. The van der Waals surface area contributed by atoms with Crippen LogP contribution in [0.2, 0.25) is 0 Å². The van der Waals surface area contributed by atoms with Crippen molar-refractivity contribution in [1.82, 2.24) is 15.0 Å². The van der Waals surface area contributed by atoms with Gasteiger partial charge in [0.2, 0.25) is 0 Å². The molecule has 3 aromatic rings. The van der Waals surface area contributed by atoms with Crippen molar-refractivity contribution in [2.75, 3.05) is 5.32 Å². The fourth-order valence-electron chi connectivity index (χ4n) is 3.17. The SMILES string of the molecule is O[C@H]1CC[C@@H](Nc2c(-c3ccccn3)cnc3[nH]ccc23)C1. The molecule has 0 unspecified atom stereocenters. The topological polar surface area (TPSA) is 73.8 Å². The number of fused-ring (bicyclic) bond motifs is 1. The van der Waals surface area contributed by atoms with Crippen LogP contribution in [0.3, 0.4) is 0 Å². The highest BCUT2D eigenvalue weighted by Gasteiger charge is 2.24. The Balaban J connectivity index is 1.80. The molecule has 0 aliphatic heterocycles. The van der Waals surface area contributed by atoms with Gasteiger partial charge in [-0.2, -0.15) is 0 Å². The summed E-state index contributed by atoms with van der Waals surface area (Å²) in [6.07, 6.45) is 7.98. The molecule has 4 rings (SSSR count). The van der Waals surface area contributed by atoms with Crippen LogP contribution in [-0.4, -0.2) is 32.2 Å². The van der Waals surface area contributed by atoms with Crippen molar-refractivity contribution < 1.29 is 5.11 Å². The first-order valence-corrected chi connectivity index (χ1v) is 7.63. The smallest absolute Gasteiger partial charge is 0.139 e. The summed E-state index contributed by atoms with van der Waals surface area (Å²) in [4.78, 5) is 12.1. The van der Waals surface area contributed by atoms with Crippen LogP contribution in [0.25, 0.3) is 22.3 Å². The number of rotatable bonds is 3. The normalized spacial score (nSPS) is 21.3. The van der Waals surface area contributed by atoms with Crippen molar-refractivity contribution in [2.24, 2.45) is 0 Å². The molecule has 0 radical (unpaired) electrons. The average molecular weight is 294 g/mol. The molecule has 3 heterocycles. The molecular weight excluding hydrogens is 276 g/mol. The van der Waals surface area contributed by atoms with Crippen LogP contribution in [0.4, 0.5) is 5.69 Å². The van der Waals surface area contributed by atoms with Gasteiger partial charge < -0.3 is 15.4 Å². The number of nitrogens with one attached hydrogen (secondary N) is 2. The van der Waals surface area contributed by atoms with Gasteiger partial charge in [0.1, 0.15) is 5.65 Å². The van der Waals surface area contributed by atoms with Gasteiger partial charge in [-0.1, -0.05) is 6.07 Å². The summed E-state index contributed by atoms with van der Waals surface area (Å²) < 4.78 is 0. The van der Waals surface area contributed by atoms with Gasteiger partial charge in [-0.15, -0.1) is 0 Å². The van der Waals surface area contributed by atoms with Crippen molar-refractivity contribution in [3.63, 3.8) is 0 Å². The molecule has 5 heteroatoms. The molecule has 1 saturated carbocycles. The summed E-state index contributed by atoms with van der Waals surface area (Å²) in [5.41, 5.74) is 3.80. The lowest BCUT2D eigenvalue weighted by molar-refractivity contribution is 0.182. The van der Waals surface area contributed by atoms with E-state index in [4.69, 9.17) is 0 Å². The number of aliphatic hydroxyl groups is 1. The Morgan fingerprint density at radius 3 is 2.91 bits per heavy atom. The third-order valence-electron chi connectivity index (χ3n) is 4.28. The minimum absolute atomic E-state index is 0.195. The number of aliphatic hydroxyl groups excluding tert-OH is 1. The Labute approximate surface area is 128 Å². The maximum absolute atomic E-state index is 9.77. The van der Waals surface area contributed by atoms with Gasteiger partial charge in [-0.3, -0.25) is 4.98 Å². The van der Waals surface area contributed by atoms with Gasteiger partial charge >= 0.3 is 0 Å².